The lowest BCUT2D eigenvalue weighted by molar-refractivity contribution is 0.0932. The topological polar surface area (TPSA) is 81.9 Å². The lowest BCUT2D eigenvalue weighted by Gasteiger charge is -2.12. The van der Waals surface area contributed by atoms with E-state index in [9.17, 15) is 4.79 Å². The zero-order valence-corrected chi connectivity index (χ0v) is 20.6. The molecule has 0 radical (unpaired) electrons. The van der Waals surface area contributed by atoms with Gasteiger partial charge in [0.15, 0.2) is 11.0 Å². The molecular formula is C22H19Cl2N5O2S2. The first-order valence-electron chi connectivity index (χ1n) is 9.88. The Morgan fingerprint density at radius 1 is 1.12 bits per heavy atom. The molecule has 7 nitrogen and oxygen atoms in total. The highest BCUT2D eigenvalue weighted by Crippen LogP contribution is 2.35. The Morgan fingerprint density at radius 3 is 2.64 bits per heavy atom. The molecule has 2 aromatic carbocycles. The number of halogens is 2. The lowest BCUT2D eigenvalue weighted by Crippen LogP contribution is -2.27. The van der Waals surface area contributed by atoms with Crippen molar-refractivity contribution in [2.75, 3.05) is 20.3 Å². The van der Waals surface area contributed by atoms with Crippen LogP contribution in [-0.2, 0) is 10.5 Å². The molecule has 1 N–H and O–H groups in total. The number of methoxy groups -OCH3 is 1. The van der Waals surface area contributed by atoms with Gasteiger partial charge in [-0.1, -0.05) is 59.2 Å². The maximum Gasteiger partial charge on any atom is 0.270 e. The molecule has 0 fully saturated rings. The van der Waals surface area contributed by atoms with Gasteiger partial charge in [0.1, 0.15) is 10.7 Å². The molecule has 33 heavy (non-hydrogen) atoms. The molecule has 1 amide bonds. The van der Waals surface area contributed by atoms with Crippen molar-refractivity contribution in [3.63, 3.8) is 0 Å². The van der Waals surface area contributed by atoms with Gasteiger partial charge < -0.3 is 10.1 Å². The van der Waals surface area contributed by atoms with Crippen molar-refractivity contribution in [3.8, 4) is 17.1 Å². The van der Waals surface area contributed by atoms with E-state index in [1.165, 1.54) is 23.1 Å². The molecule has 0 saturated carbocycles. The molecule has 0 aliphatic carbocycles. The zero-order chi connectivity index (χ0) is 23.2. The van der Waals surface area contributed by atoms with Gasteiger partial charge in [0.05, 0.1) is 28.1 Å². The highest BCUT2D eigenvalue weighted by atomic mass is 35.5. The van der Waals surface area contributed by atoms with Crippen LogP contribution in [0, 0.1) is 0 Å². The smallest absolute Gasteiger partial charge is 0.270 e. The largest absolute Gasteiger partial charge is 0.383 e. The average molecular weight is 520 g/mol. The van der Waals surface area contributed by atoms with Crippen LogP contribution in [0.1, 0.15) is 15.5 Å². The Bertz CT molecular complexity index is 1260. The number of aromatic nitrogens is 4. The quantitative estimate of drug-likeness (QED) is 0.236. The minimum absolute atomic E-state index is 0.222. The van der Waals surface area contributed by atoms with Crippen LogP contribution in [-0.4, -0.2) is 45.9 Å². The van der Waals surface area contributed by atoms with E-state index < -0.39 is 0 Å². The number of thiazole rings is 1. The number of para-hydroxylation sites is 1. The maximum atomic E-state index is 12.2. The number of thioether (sulfide) groups is 1. The summed E-state index contributed by atoms with van der Waals surface area (Å²) in [5.74, 6) is 0.884. The van der Waals surface area contributed by atoms with Gasteiger partial charge in [0.2, 0.25) is 0 Å². The molecular weight excluding hydrogens is 501 g/mol. The van der Waals surface area contributed by atoms with Crippen LogP contribution < -0.4 is 5.32 Å². The second-order valence-corrected chi connectivity index (χ2v) is 9.44. The minimum atomic E-state index is -0.222. The first kappa shape index (κ1) is 23.7. The summed E-state index contributed by atoms with van der Waals surface area (Å²) < 4.78 is 6.84. The van der Waals surface area contributed by atoms with Crippen LogP contribution >= 0.6 is 46.3 Å². The van der Waals surface area contributed by atoms with Gasteiger partial charge >= 0.3 is 0 Å². The predicted octanol–water partition coefficient (Wildman–Crippen LogP) is 5.37. The second kappa shape index (κ2) is 11.1. The number of carbonyl (C=O) groups excluding carboxylic acids is 1. The lowest BCUT2D eigenvalue weighted by atomic mass is 10.2. The molecule has 4 rings (SSSR count). The molecule has 0 atom stereocenters. The van der Waals surface area contributed by atoms with Crippen molar-refractivity contribution in [2.45, 2.75) is 10.9 Å². The second-order valence-electron chi connectivity index (χ2n) is 6.74. The van der Waals surface area contributed by atoms with E-state index in [-0.39, 0.29) is 5.91 Å². The van der Waals surface area contributed by atoms with Gasteiger partial charge in [-0.25, -0.2) is 4.98 Å². The van der Waals surface area contributed by atoms with Crippen LogP contribution in [0.25, 0.3) is 17.1 Å². The van der Waals surface area contributed by atoms with Gasteiger partial charge in [0.25, 0.3) is 5.91 Å². The fraction of sp³-hybridized carbons (Fsp3) is 0.182. The molecule has 170 valence electrons. The summed E-state index contributed by atoms with van der Waals surface area (Å²) in [5.41, 5.74) is 1.89. The summed E-state index contributed by atoms with van der Waals surface area (Å²) >= 11 is 15.8. The summed E-state index contributed by atoms with van der Waals surface area (Å²) in [5, 5.41) is 15.9. The van der Waals surface area contributed by atoms with E-state index in [0.29, 0.717) is 45.6 Å². The summed E-state index contributed by atoms with van der Waals surface area (Å²) in [6.45, 7) is 0.882. The molecule has 4 aromatic rings. The number of nitrogens with one attached hydrogen (secondary N) is 1. The van der Waals surface area contributed by atoms with Gasteiger partial charge in [-0.3, -0.25) is 9.36 Å². The SMILES string of the molecule is COCCNC(=O)c1csc(CSc2nnc(-c3ccccc3Cl)n2-c2ccccc2Cl)n1. The van der Waals surface area contributed by atoms with E-state index in [1.807, 2.05) is 53.1 Å². The molecule has 0 aliphatic rings. The summed E-state index contributed by atoms with van der Waals surface area (Å²) in [4.78, 5) is 16.6. The van der Waals surface area contributed by atoms with Crippen molar-refractivity contribution < 1.29 is 9.53 Å². The van der Waals surface area contributed by atoms with Crippen molar-refractivity contribution in [3.05, 3.63) is 74.7 Å². The normalized spacial score (nSPS) is 11.0. The molecule has 0 unspecified atom stereocenters. The van der Waals surface area contributed by atoms with Crippen LogP contribution in [0.15, 0.2) is 59.1 Å². The zero-order valence-electron chi connectivity index (χ0n) is 17.5. The van der Waals surface area contributed by atoms with Crippen LogP contribution in [0.3, 0.4) is 0 Å². The van der Waals surface area contributed by atoms with Crippen molar-refractivity contribution >= 4 is 52.2 Å². The highest BCUT2D eigenvalue weighted by Gasteiger charge is 2.20. The van der Waals surface area contributed by atoms with E-state index in [4.69, 9.17) is 27.9 Å². The first-order valence-corrected chi connectivity index (χ1v) is 12.5. The molecule has 0 bridgehead atoms. The Morgan fingerprint density at radius 2 is 1.88 bits per heavy atom. The predicted molar refractivity (Wildman–Crippen MR) is 133 cm³/mol. The summed E-state index contributed by atoms with van der Waals surface area (Å²) in [6, 6.07) is 15.0. The third-order valence-corrected chi connectivity index (χ3v) is 7.16. The molecule has 0 spiro atoms. The molecule has 2 heterocycles. The first-order chi connectivity index (χ1) is 16.1. The third kappa shape index (κ3) is 5.56. The van der Waals surface area contributed by atoms with Crippen LogP contribution in [0.2, 0.25) is 10.0 Å². The highest BCUT2D eigenvalue weighted by molar-refractivity contribution is 7.98. The van der Waals surface area contributed by atoms with Crippen LogP contribution in [0.5, 0.6) is 0 Å². The number of carbonyl (C=O) groups is 1. The molecule has 0 saturated heterocycles. The Hall–Kier alpha value is -2.43. The number of rotatable bonds is 9. The molecule has 0 aliphatic heterocycles. The van der Waals surface area contributed by atoms with E-state index >= 15 is 0 Å². The monoisotopic (exact) mass is 519 g/mol. The Kier molecular flexibility index (Phi) is 8.00. The van der Waals surface area contributed by atoms with E-state index in [0.717, 1.165) is 16.3 Å². The maximum absolute atomic E-state index is 12.2. The molecule has 2 aromatic heterocycles. The number of benzene rings is 2. The number of amides is 1. The number of ether oxygens (including phenoxy) is 1. The Balaban J connectivity index is 1.60. The van der Waals surface area contributed by atoms with Gasteiger partial charge in [-0.2, -0.15) is 0 Å². The summed E-state index contributed by atoms with van der Waals surface area (Å²) in [7, 11) is 1.59. The molecule has 11 heteroatoms. The van der Waals surface area contributed by atoms with Crippen molar-refractivity contribution in [1.82, 2.24) is 25.1 Å². The summed E-state index contributed by atoms with van der Waals surface area (Å²) in [6.07, 6.45) is 0. The van der Waals surface area contributed by atoms with Crippen LogP contribution in [0.4, 0.5) is 0 Å². The number of hydrogen-bond donors (Lipinski definition) is 1. The van der Waals surface area contributed by atoms with Gasteiger partial charge in [0, 0.05) is 24.6 Å². The van der Waals surface area contributed by atoms with E-state index in [2.05, 4.69) is 20.5 Å². The van der Waals surface area contributed by atoms with Crippen molar-refractivity contribution in [2.24, 2.45) is 0 Å². The fourth-order valence-corrected chi connectivity index (χ4v) is 5.17. The number of hydrogen-bond acceptors (Lipinski definition) is 7. The van der Waals surface area contributed by atoms with Gasteiger partial charge in [-0.05, 0) is 24.3 Å². The standard InChI is InChI=1S/C22H19Cl2N5O2S2/c1-31-11-10-25-21(30)17-12-32-19(26-17)13-33-22-28-27-20(14-6-2-3-7-15(14)23)29(22)18-9-5-4-8-16(18)24/h2-9,12H,10-11,13H2,1H3,(H,25,30). The Labute approximate surface area is 209 Å². The number of nitrogens with zero attached hydrogens (tertiary/aromatic N) is 4. The third-order valence-electron chi connectivity index (χ3n) is 4.54. The minimum Gasteiger partial charge on any atom is -0.383 e. The van der Waals surface area contributed by atoms with Gasteiger partial charge in [-0.15, -0.1) is 21.5 Å². The fourth-order valence-electron chi connectivity index (χ4n) is 3.00. The van der Waals surface area contributed by atoms with Crippen molar-refractivity contribution in [1.29, 1.82) is 0 Å². The average Bonchev–Trinajstić information content (AvgIpc) is 3.46. The van der Waals surface area contributed by atoms with E-state index in [1.54, 1.807) is 12.5 Å².